The Morgan fingerprint density at radius 1 is 1.00 bits per heavy atom. The molecule has 11 heteroatoms. The molecule has 0 bridgehead atoms. The molecule has 2 amide bonds. The highest BCUT2D eigenvalue weighted by molar-refractivity contribution is 7.80. The van der Waals surface area contributed by atoms with Crippen LogP contribution in [0.5, 0.6) is 17.2 Å². The number of anilines is 1. The summed E-state index contributed by atoms with van der Waals surface area (Å²) < 4.78 is 21.1. The molecule has 2 aromatic rings. The lowest BCUT2D eigenvalue weighted by molar-refractivity contribution is 0.0303. The quantitative estimate of drug-likeness (QED) is 0.593. The predicted octanol–water partition coefficient (Wildman–Crippen LogP) is 2.97. The minimum absolute atomic E-state index is 0.00613. The zero-order valence-corrected chi connectivity index (χ0v) is 20.0. The van der Waals surface area contributed by atoms with Gasteiger partial charge in [0.2, 0.25) is 5.75 Å². The molecule has 2 aromatic carbocycles. The first-order valence-corrected chi connectivity index (χ1v) is 10.8. The van der Waals surface area contributed by atoms with Crippen LogP contribution in [0.4, 0.5) is 5.69 Å². The van der Waals surface area contributed by atoms with Crippen LogP contribution in [0, 0.1) is 0 Å². The van der Waals surface area contributed by atoms with Crippen molar-refractivity contribution in [3.8, 4) is 17.2 Å². The van der Waals surface area contributed by atoms with E-state index in [9.17, 15) is 9.59 Å². The van der Waals surface area contributed by atoms with Gasteiger partial charge in [-0.1, -0.05) is 11.6 Å². The molecule has 0 unspecified atom stereocenters. The van der Waals surface area contributed by atoms with Crippen molar-refractivity contribution >= 4 is 46.4 Å². The van der Waals surface area contributed by atoms with E-state index in [1.54, 1.807) is 23.1 Å². The van der Waals surface area contributed by atoms with E-state index in [1.807, 2.05) is 0 Å². The normalized spacial score (nSPS) is 13.2. The first-order valence-electron chi connectivity index (χ1n) is 9.96. The van der Waals surface area contributed by atoms with Crippen molar-refractivity contribution in [2.45, 2.75) is 0 Å². The lowest BCUT2D eigenvalue weighted by Gasteiger charge is -2.27. The van der Waals surface area contributed by atoms with Crippen molar-refractivity contribution in [2.24, 2.45) is 0 Å². The molecule has 176 valence electrons. The largest absolute Gasteiger partial charge is 0.493 e. The molecule has 1 fully saturated rings. The van der Waals surface area contributed by atoms with Gasteiger partial charge in [-0.15, -0.1) is 0 Å². The summed E-state index contributed by atoms with van der Waals surface area (Å²) in [6, 6.07) is 7.85. The van der Waals surface area contributed by atoms with Gasteiger partial charge in [0.05, 0.1) is 45.3 Å². The summed E-state index contributed by atoms with van der Waals surface area (Å²) in [7, 11) is 4.39. The zero-order valence-electron chi connectivity index (χ0n) is 18.4. The number of carbonyl (C=O) groups excluding carboxylic acids is 2. The Hall–Kier alpha value is -3.08. The fourth-order valence-electron chi connectivity index (χ4n) is 3.24. The second kappa shape index (κ2) is 11.2. The van der Waals surface area contributed by atoms with Crippen molar-refractivity contribution in [3.63, 3.8) is 0 Å². The molecule has 1 aliphatic rings. The first-order chi connectivity index (χ1) is 15.9. The Bertz CT molecular complexity index is 1030. The highest BCUT2D eigenvalue weighted by Crippen LogP contribution is 2.38. The van der Waals surface area contributed by atoms with Crippen molar-refractivity contribution < 1.29 is 28.5 Å². The number of nitrogens with one attached hydrogen (secondary N) is 2. The lowest BCUT2D eigenvalue weighted by atomic mass is 10.1. The molecule has 2 N–H and O–H groups in total. The third-order valence-electron chi connectivity index (χ3n) is 4.91. The summed E-state index contributed by atoms with van der Waals surface area (Å²) >= 11 is 11.5. The summed E-state index contributed by atoms with van der Waals surface area (Å²) in [5.74, 6) is 0.399. The molecule has 0 radical (unpaired) electrons. The average molecular weight is 494 g/mol. The predicted molar refractivity (Wildman–Crippen MR) is 128 cm³/mol. The number of hydrogen-bond donors (Lipinski definition) is 2. The molecule has 9 nitrogen and oxygen atoms in total. The van der Waals surface area contributed by atoms with Crippen LogP contribution >= 0.6 is 23.8 Å². The van der Waals surface area contributed by atoms with Crippen LogP contribution in [0.15, 0.2) is 30.3 Å². The van der Waals surface area contributed by atoms with Gasteiger partial charge in [-0.05, 0) is 42.5 Å². The second-order valence-corrected chi connectivity index (χ2v) is 7.74. The van der Waals surface area contributed by atoms with E-state index in [-0.39, 0.29) is 16.6 Å². The maximum absolute atomic E-state index is 12.8. The number of carbonyl (C=O) groups is 2. The smallest absolute Gasteiger partial charge is 0.257 e. The van der Waals surface area contributed by atoms with Crippen LogP contribution in [-0.4, -0.2) is 69.5 Å². The van der Waals surface area contributed by atoms with Crippen LogP contribution in [0.2, 0.25) is 5.02 Å². The van der Waals surface area contributed by atoms with Crippen LogP contribution in [0.3, 0.4) is 0 Å². The van der Waals surface area contributed by atoms with Gasteiger partial charge in [-0.3, -0.25) is 14.9 Å². The molecule has 0 aliphatic carbocycles. The minimum atomic E-state index is -0.497. The summed E-state index contributed by atoms with van der Waals surface area (Å²) in [6.07, 6.45) is 0. The fraction of sp³-hybridized carbons (Fsp3) is 0.318. The van der Waals surface area contributed by atoms with Gasteiger partial charge >= 0.3 is 0 Å². The van der Waals surface area contributed by atoms with Gasteiger partial charge in [-0.2, -0.15) is 0 Å². The molecular formula is C22H24ClN3O6S. The van der Waals surface area contributed by atoms with Crippen LogP contribution in [-0.2, 0) is 4.74 Å². The molecule has 1 saturated heterocycles. The zero-order chi connectivity index (χ0) is 24.0. The number of hydrogen-bond acceptors (Lipinski definition) is 7. The van der Waals surface area contributed by atoms with E-state index in [0.717, 1.165) is 0 Å². The number of methoxy groups -OCH3 is 3. The van der Waals surface area contributed by atoms with Crippen molar-refractivity contribution in [1.82, 2.24) is 10.2 Å². The van der Waals surface area contributed by atoms with E-state index in [4.69, 9.17) is 42.8 Å². The standard InChI is InChI=1S/C22H24ClN3O6S/c1-29-17-11-14(12-18(30-2)19(17)31-3)20(27)25-22(33)24-16-10-13(4-5-15(16)23)21(28)26-6-8-32-9-7-26/h4-5,10-12H,6-9H2,1-3H3,(H2,24,25,27,33). The highest BCUT2D eigenvalue weighted by atomic mass is 35.5. The molecule has 1 heterocycles. The average Bonchev–Trinajstić information content (AvgIpc) is 2.84. The maximum atomic E-state index is 12.8. The van der Waals surface area contributed by atoms with E-state index in [2.05, 4.69) is 10.6 Å². The Labute approximate surface area is 201 Å². The van der Waals surface area contributed by atoms with E-state index < -0.39 is 5.91 Å². The third kappa shape index (κ3) is 5.84. The van der Waals surface area contributed by atoms with Crippen molar-refractivity contribution in [1.29, 1.82) is 0 Å². The van der Waals surface area contributed by atoms with Gasteiger partial charge < -0.3 is 29.2 Å². The van der Waals surface area contributed by atoms with Gasteiger partial charge in [0.1, 0.15) is 0 Å². The number of thiocarbonyl (C=S) groups is 1. The molecule has 0 saturated carbocycles. The van der Waals surface area contributed by atoms with Gasteiger partial charge in [0.25, 0.3) is 11.8 Å². The first kappa shape index (κ1) is 24.6. The summed E-state index contributed by atoms with van der Waals surface area (Å²) in [5.41, 5.74) is 1.09. The molecule has 1 aliphatic heterocycles. The number of amides is 2. The van der Waals surface area contributed by atoms with Gasteiger partial charge in [-0.25, -0.2) is 0 Å². The van der Waals surface area contributed by atoms with Gasteiger partial charge in [0.15, 0.2) is 16.6 Å². The molecule has 0 aromatic heterocycles. The number of morpholine rings is 1. The van der Waals surface area contributed by atoms with Crippen LogP contribution in [0.1, 0.15) is 20.7 Å². The monoisotopic (exact) mass is 493 g/mol. The van der Waals surface area contributed by atoms with E-state index in [1.165, 1.54) is 33.5 Å². The highest BCUT2D eigenvalue weighted by Gasteiger charge is 2.21. The minimum Gasteiger partial charge on any atom is -0.493 e. The fourth-order valence-corrected chi connectivity index (χ4v) is 3.61. The van der Waals surface area contributed by atoms with E-state index in [0.29, 0.717) is 59.8 Å². The van der Waals surface area contributed by atoms with Crippen molar-refractivity contribution in [2.75, 3.05) is 52.9 Å². The van der Waals surface area contributed by atoms with Crippen LogP contribution in [0.25, 0.3) is 0 Å². The van der Waals surface area contributed by atoms with Crippen molar-refractivity contribution in [3.05, 3.63) is 46.5 Å². The second-order valence-electron chi connectivity index (χ2n) is 6.92. The summed E-state index contributed by atoms with van der Waals surface area (Å²) in [6.45, 7) is 2.05. The number of nitrogens with zero attached hydrogens (tertiary/aromatic N) is 1. The summed E-state index contributed by atoms with van der Waals surface area (Å²) in [5, 5.41) is 5.81. The topological polar surface area (TPSA) is 98.4 Å². The number of benzene rings is 2. The molecule has 0 spiro atoms. The van der Waals surface area contributed by atoms with E-state index >= 15 is 0 Å². The molecule has 0 atom stereocenters. The Balaban J connectivity index is 1.73. The number of halogens is 1. The Kier molecular flexibility index (Phi) is 8.32. The van der Waals surface area contributed by atoms with Gasteiger partial charge in [0, 0.05) is 24.2 Å². The molecular weight excluding hydrogens is 470 g/mol. The number of rotatable bonds is 6. The Morgan fingerprint density at radius 3 is 2.21 bits per heavy atom. The number of ether oxygens (including phenoxy) is 4. The van der Waals surface area contributed by atoms with Crippen LogP contribution < -0.4 is 24.8 Å². The lowest BCUT2D eigenvalue weighted by Crippen LogP contribution is -2.40. The maximum Gasteiger partial charge on any atom is 0.257 e. The molecule has 33 heavy (non-hydrogen) atoms. The summed E-state index contributed by atoms with van der Waals surface area (Å²) in [4.78, 5) is 27.2. The third-order valence-corrected chi connectivity index (χ3v) is 5.45. The molecule has 3 rings (SSSR count). The SMILES string of the molecule is COc1cc(C(=O)NC(=S)Nc2cc(C(=O)N3CCOCC3)ccc2Cl)cc(OC)c1OC. The Morgan fingerprint density at radius 2 is 1.64 bits per heavy atom.